The standard InChI is InChI=1S/C27H36N2O4S/c1-18-6-4-5-9-29(18)25(31)16-33-26(32)22-7-2-3-8-23(22)34-17-24(30)28-27-13-19-10-20(14-27)12-21(11-19)15-27/h2-3,7-8,18-21H,4-6,9-17H2,1H3,(H,28,30). The third-order valence-electron chi connectivity index (χ3n) is 8.36. The van der Waals surface area contributed by atoms with Gasteiger partial charge in [0.2, 0.25) is 5.91 Å². The molecule has 0 aromatic heterocycles. The molecule has 1 unspecified atom stereocenters. The van der Waals surface area contributed by atoms with E-state index in [4.69, 9.17) is 4.74 Å². The van der Waals surface area contributed by atoms with Gasteiger partial charge < -0.3 is 15.0 Å². The average molecular weight is 485 g/mol. The summed E-state index contributed by atoms with van der Waals surface area (Å²) in [5, 5.41) is 3.40. The summed E-state index contributed by atoms with van der Waals surface area (Å²) in [5.74, 6) is 2.02. The van der Waals surface area contributed by atoms with Crippen LogP contribution in [0.1, 0.15) is 75.1 Å². The number of hydrogen-bond acceptors (Lipinski definition) is 5. The van der Waals surface area contributed by atoms with Crippen LogP contribution < -0.4 is 5.32 Å². The van der Waals surface area contributed by atoms with Gasteiger partial charge in [0.25, 0.3) is 5.91 Å². The number of likely N-dealkylation sites (tertiary alicyclic amines) is 1. The van der Waals surface area contributed by atoms with Gasteiger partial charge in [0.15, 0.2) is 6.61 Å². The molecule has 1 heterocycles. The lowest BCUT2D eigenvalue weighted by Gasteiger charge is -2.56. The molecule has 7 heteroatoms. The second kappa shape index (κ2) is 9.92. The van der Waals surface area contributed by atoms with Crippen LogP contribution in [0.4, 0.5) is 0 Å². The summed E-state index contributed by atoms with van der Waals surface area (Å²) in [7, 11) is 0. The van der Waals surface area contributed by atoms with Gasteiger partial charge >= 0.3 is 5.97 Å². The molecule has 1 atom stereocenters. The molecular formula is C27H36N2O4S. The molecule has 5 aliphatic rings. The maximum Gasteiger partial charge on any atom is 0.339 e. The number of carbonyl (C=O) groups excluding carboxylic acids is 3. The quantitative estimate of drug-likeness (QED) is 0.458. The Labute approximate surface area is 206 Å². The van der Waals surface area contributed by atoms with Gasteiger partial charge in [-0.3, -0.25) is 9.59 Å². The topological polar surface area (TPSA) is 75.7 Å². The van der Waals surface area contributed by atoms with Crippen molar-refractivity contribution in [2.24, 2.45) is 17.8 Å². The number of hydrogen-bond donors (Lipinski definition) is 1. The monoisotopic (exact) mass is 484 g/mol. The molecule has 0 radical (unpaired) electrons. The number of nitrogens with one attached hydrogen (secondary N) is 1. The number of carbonyl (C=O) groups is 3. The van der Waals surface area contributed by atoms with E-state index in [0.717, 1.165) is 62.8 Å². The molecule has 6 nitrogen and oxygen atoms in total. The SMILES string of the molecule is CC1CCCCN1C(=O)COC(=O)c1ccccc1SCC(=O)NC12CC3CC(CC(C3)C1)C2. The molecule has 6 rings (SSSR count). The van der Waals surface area contributed by atoms with E-state index in [1.165, 1.54) is 31.0 Å². The van der Waals surface area contributed by atoms with Crippen molar-refractivity contribution in [3.63, 3.8) is 0 Å². The van der Waals surface area contributed by atoms with Crippen LogP contribution >= 0.6 is 11.8 Å². The van der Waals surface area contributed by atoms with Crippen molar-refractivity contribution in [2.75, 3.05) is 18.9 Å². The van der Waals surface area contributed by atoms with Crippen LogP contribution in [0.15, 0.2) is 29.2 Å². The summed E-state index contributed by atoms with van der Waals surface area (Å²) in [5.41, 5.74) is 0.408. The van der Waals surface area contributed by atoms with Crippen molar-refractivity contribution in [2.45, 2.75) is 81.2 Å². The lowest BCUT2D eigenvalue weighted by atomic mass is 9.53. The first-order valence-electron chi connectivity index (χ1n) is 12.9. The second-order valence-electron chi connectivity index (χ2n) is 11.0. The van der Waals surface area contributed by atoms with Gasteiger partial charge in [-0.05, 0) is 94.6 Å². The van der Waals surface area contributed by atoms with Crippen molar-refractivity contribution in [3.8, 4) is 0 Å². The third kappa shape index (κ3) is 5.14. The number of amides is 2. The van der Waals surface area contributed by atoms with E-state index in [1.54, 1.807) is 12.1 Å². The number of rotatable bonds is 7. The summed E-state index contributed by atoms with van der Waals surface area (Å²) in [6.07, 6.45) is 10.5. The van der Waals surface area contributed by atoms with E-state index in [-0.39, 0.29) is 35.8 Å². The van der Waals surface area contributed by atoms with Crippen LogP contribution in [0.2, 0.25) is 0 Å². The first kappa shape index (κ1) is 23.7. The first-order chi connectivity index (χ1) is 16.4. The number of ether oxygens (including phenoxy) is 1. The van der Waals surface area contributed by atoms with Crippen molar-refractivity contribution in [1.82, 2.24) is 10.2 Å². The zero-order valence-corrected chi connectivity index (χ0v) is 20.9. The van der Waals surface area contributed by atoms with Crippen molar-refractivity contribution < 1.29 is 19.1 Å². The summed E-state index contributed by atoms with van der Waals surface area (Å²) in [4.78, 5) is 40.7. The Morgan fingerprint density at radius 3 is 2.41 bits per heavy atom. The lowest BCUT2D eigenvalue weighted by Crippen LogP contribution is -2.60. The highest BCUT2D eigenvalue weighted by Crippen LogP contribution is 2.55. The second-order valence-corrected chi connectivity index (χ2v) is 12.1. The lowest BCUT2D eigenvalue weighted by molar-refractivity contribution is -0.137. The van der Waals surface area contributed by atoms with E-state index >= 15 is 0 Å². The van der Waals surface area contributed by atoms with E-state index in [1.807, 2.05) is 24.0 Å². The van der Waals surface area contributed by atoms with E-state index in [2.05, 4.69) is 5.32 Å². The minimum absolute atomic E-state index is 0.00318. The van der Waals surface area contributed by atoms with Crippen LogP contribution in [0.3, 0.4) is 0 Å². The van der Waals surface area contributed by atoms with Crippen LogP contribution in [-0.4, -0.2) is 53.2 Å². The summed E-state index contributed by atoms with van der Waals surface area (Å²) in [6, 6.07) is 7.38. The molecule has 4 bridgehead atoms. The molecule has 2 amide bonds. The van der Waals surface area contributed by atoms with Crippen molar-refractivity contribution in [3.05, 3.63) is 29.8 Å². The smallest absolute Gasteiger partial charge is 0.339 e. The normalized spacial score (nSPS) is 31.9. The number of esters is 1. The maximum absolute atomic E-state index is 12.9. The average Bonchev–Trinajstić information content (AvgIpc) is 2.80. The molecule has 1 N–H and O–H groups in total. The Balaban J connectivity index is 1.14. The van der Waals surface area contributed by atoms with Gasteiger partial charge in [0.1, 0.15) is 0 Å². The van der Waals surface area contributed by atoms with Gasteiger partial charge in [-0.2, -0.15) is 0 Å². The molecular weight excluding hydrogens is 448 g/mol. The zero-order chi connectivity index (χ0) is 23.7. The van der Waals surface area contributed by atoms with Gasteiger partial charge in [-0.25, -0.2) is 4.79 Å². The van der Waals surface area contributed by atoms with E-state index in [9.17, 15) is 14.4 Å². The Hall–Kier alpha value is -2.02. The predicted molar refractivity (Wildman–Crippen MR) is 132 cm³/mol. The van der Waals surface area contributed by atoms with Crippen LogP contribution in [0, 0.1) is 17.8 Å². The number of piperidine rings is 1. The number of nitrogens with zero attached hydrogens (tertiary/aromatic N) is 1. The third-order valence-corrected chi connectivity index (χ3v) is 9.43. The Morgan fingerprint density at radius 1 is 1.06 bits per heavy atom. The fourth-order valence-corrected chi connectivity index (χ4v) is 8.10. The molecule has 0 spiro atoms. The van der Waals surface area contributed by atoms with Crippen LogP contribution in [0.25, 0.3) is 0 Å². The minimum Gasteiger partial charge on any atom is -0.452 e. The highest BCUT2D eigenvalue weighted by molar-refractivity contribution is 8.00. The molecule has 4 aliphatic carbocycles. The van der Waals surface area contributed by atoms with Gasteiger partial charge in [-0.15, -0.1) is 11.8 Å². The van der Waals surface area contributed by atoms with Gasteiger partial charge in [-0.1, -0.05) is 12.1 Å². The Kier molecular flexibility index (Phi) is 6.92. The van der Waals surface area contributed by atoms with E-state index in [0.29, 0.717) is 10.5 Å². The van der Waals surface area contributed by atoms with Gasteiger partial charge in [0.05, 0.1) is 11.3 Å². The maximum atomic E-state index is 12.9. The van der Waals surface area contributed by atoms with Crippen molar-refractivity contribution >= 4 is 29.5 Å². The molecule has 184 valence electrons. The molecule has 1 aromatic carbocycles. The fourth-order valence-electron chi connectivity index (χ4n) is 7.26. The molecule has 4 saturated carbocycles. The Morgan fingerprint density at radius 2 is 1.74 bits per heavy atom. The Bertz CT molecular complexity index is 913. The zero-order valence-electron chi connectivity index (χ0n) is 20.1. The molecule has 1 aromatic rings. The number of benzene rings is 1. The van der Waals surface area contributed by atoms with Crippen LogP contribution in [-0.2, 0) is 14.3 Å². The summed E-state index contributed by atoms with van der Waals surface area (Å²) >= 11 is 1.37. The highest BCUT2D eigenvalue weighted by atomic mass is 32.2. The van der Waals surface area contributed by atoms with Crippen molar-refractivity contribution in [1.29, 1.82) is 0 Å². The summed E-state index contributed by atoms with van der Waals surface area (Å²) < 4.78 is 5.39. The van der Waals surface area contributed by atoms with Gasteiger partial charge in [0, 0.05) is 23.0 Å². The largest absolute Gasteiger partial charge is 0.452 e. The summed E-state index contributed by atoms with van der Waals surface area (Å²) in [6.45, 7) is 2.52. The van der Waals surface area contributed by atoms with Crippen LogP contribution in [0.5, 0.6) is 0 Å². The molecule has 1 saturated heterocycles. The molecule has 5 fully saturated rings. The number of thioether (sulfide) groups is 1. The van der Waals surface area contributed by atoms with E-state index < -0.39 is 5.97 Å². The first-order valence-corrected chi connectivity index (χ1v) is 13.9. The molecule has 1 aliphatic heterocycles. The highest BCUT2D eigenvalue weighted by Gasteiger charge is 2.51. The fraction of sp³-hybridized carbons (Fsp3) is 0.667. The molecule has 34 heavy (non-hydrogen) atoms. The minimum atomic E-state index is -0.511. The predicted octanol–water partition coefficient (Wildman–Crippen LogP) is 4.42.